The fraction of sp³-hybridized carbons (Fsp3) is 0.500. The van der Waals surface area contributed by atoms with Gasteiger partial charge in [-0.3, -0.25) is 4.79 Å². The first kappa shape index (κ1) is 15.5. The van der Waals surface area contributed by atoms with Gasteiger partial charge in [-0.2, -0.15) is 0 Å². The van der Waals surface area contributed by atoms with Crippen LogP contribution in [0.3, 0.4) is 0 Å². The second kappa shape index (κ2) is 7.78. The summed E-state index contributed by atoms with van der Waals surface area (Å²) >= 11 is 0. The molecule has 0 aliphatic carbocycles. The lowest BCUT2D eigenvalue weighted by Gasteiger charge is -2.21. The van der Waals surface area contributed by atoms with Crippen molar-refractivity contribution in [3.63, 3.8) is 0 Å². The van der Waals surface area contributed by atoms with Crippen molar-refractivity contribution >= 4 is 11.9 Å². The molecule has 2 N–H and O–H groups in total. The summed E-state index contributed by atoms with van der Waals surface area (Å²) in [5.74, 6) is -0.0844. The third kappa shape index (κ3) is 4.56. The van der Waals surface area contributed by atoms with Crippen molar-refractivity contribution < 1.29 is 14.3 Å². The SMILES string of the molecule is CCOC(=O)c1ccc(CNC(=O)C2CCNCC2)cc1. The van der Waals surface area contributed by atoms with Gasteiger partial charge < -0.3 is 15.4 Å². The van der Waals surface area contributed by atoms with Gasteiger partial charge in [0.1, 0.15) is 0 Å². The summed E-state index contributed by atoms with van der Waals surface area (Å²) in [5, 5.41) is 6.21. The molecular formula is C16H22N2O3. The van der Waals surface area contributed by atoms with E-state index in [-0.39, 0.29) is 17.8 Å². The van der Waals surface area contributed by atoms with Crippen LogP contribution in [-0.4, -0.2) is 31.6 Å². The summed E-state index contributed by atoms with van der Waals surface area (Å²) in [6.45, 7) is 4.46. The van der Waals surface area contributed by atoms with E-state index < -0.39 is 0 Å². The van der Waals surface area contributed by atoms with Gasteiger partial charge in [-0.05, 0) is 50.6 Å². The maximum Gasteiger partial charge on any atom is 0.338 e. The van der Waals surface area contributed by atoms with E-state index in [2.05, 4.69) is 10.6 Å². The topological polar surface area (TPSA) is 67.4 Å². The van der Waals surface area contributed by atoms with Crippen LogP contribution in [0.1, 0.15) is 35.7 Å². The van der Waals surface area contributed by atoms with Gasteiger partial charge in [-0.1, -0.05) is 12.1 Å². The lowest BCUT2D eigenvalue weighted by atomic mass is 9.97. The minimum Gasteiger partial charge on any atom is -0.462 e. The summed E-state index contributed by atoms with van der Waals surface area (Å²) in [6, 6.07) is 7.14. The molecule has 21 heavy (non-hydrogen) atoms. The lowest BCUT2D eigenvalue weighted by molar-refractivity contribution is -0.125. The van der Waals surface area contributed by atoms with Crippen LogP contribution in [0.25, 0.3) is 0 Å². The molecule has 0 spiro atoms. The molecule has 2 rings (SSSR count). The van der Waals surface area contributed by atoms with E-state index in [1.165, 1.54) is 0 Å². The van der Waals surface area contributed by atoms with Crippen LogP contribution < -0.4 is 10.6 Å². The molecule has 0 unspecified atom stereocenters. The fourth-order valence-corrected chi connectivity index (χ4v) is 2.39. The Hall–Kier alpha value is -1.88. The molecule has 1 aromatic carbocycles. The van der Waals surface area contributed by atoms with Crippen molar-refractivity contribution in [2.24, 2.45) is 5.92 Å². The van der Waals surface area contributed by atoms with E-state index in [4.69, 9.17) is 4.74 Å². The van der Waals surface area contributed by atoms with Crippen molar-refractivity contribution in [3.05, 3.63) is 35.4 Å². The molecule has 0 saturated carbocycles. The fourth-order valence-electron chi connectivity index (χ4n) is 2.39. The molecule has 1 saturated heterocycles. The minimum atomic E-state index is -0.317. The van der Waals surface area contributed by atoms with Crippen LogP contribution in [0.15, 0.2) is 24.3 Å². The Morgan fingerprint density at radius 3 is 2.52 bits per heavy atom. The second-order valence-corrected chi connectivity index (χ2v) is 5.16. The molecule has 1 aliphatic heterocycles. The van der Waals surface area contributed by atoms with Gasteiger partial charge in [-0.15, -0.1) is 0 Å². The molecule has 1 aliphatic rings. The Balaban J connectivity index is 1.83. The van der Waals surface area contributed by atoms with Crippen LogP contribution in [-0.2, 0) is 16.1 Å². The summed E-state index contributed by atoms with van der Waals surface area (Å²) in [7, 11) is 0. The van der Waals surface area contributed by atoms with E-state index >= 15 is 0 Å². The standard InChI is InChI=1S/C16H22N2O3/c1-2-21-16(20)14-5-3-12(4-6-14)11-18-15(19)13-7-9-17-10-8-13/h3-6,13,17H,2,7-11H2,1H3,(H,18,19). The van der Waals surface area contributed by atoms with E-state index in [1.807, 2.05) is 12.1 Å². The van der Waals surface area contributed by atoms with Gasteiger partial charge in [0, 0.05) is 12.5 Å². The smallest absolute Gasteiger partial charge is 0.338 e. The maximum atomic E-state index is 12.0. The molecule has 0 bridgehead atoms. The lowest BCUT2D eigenvalue weighted by Crippen LogP contribution is -2.37. The Bertz CT molecular complexity index is 479. The van der Waals surface area contributed by atoms with E-state index in [0.29, 0.717) is 18.7 Å². The predicted octanol–water partition coefficient (Wildman–Crippen LogP) is 1.48. The Morgan fingerprint density at radius 2 is 1.90 bits per heavy atom. The maximum absolute atomic E-state index is 12.0. The number of amides is 1. The number of esters is 1. The molecule has 1 fully saturated rings. The van der Waals surface area contributed by atoms with Crippen LogP contribution in [0.4, 0.5) is 0 Å². The van der Waals surface area contributed by atoms with Gasteiger partial charge in [0.05, 0.1) is 12.2 Å². The number of ether oxygens (including phenoxy) is 1. The van der Waals surface area contributed by atoms with Crippen molar-refractivity contribution in [3.8, 4) is 0 Å². The van der Waals surface area contributed by atoms with Crippen LogP contribution in [0.5, 0.6) is 0 Å². The molecule has 1 heterocycles. The summed E-state index contributed by atoms with van der Waals surface area (Å²) in [4.78, 5) is 23.5. The number of carbonyl (C=O) groups excluding carboxylic acids is 2. The average molecular weight is 290 g/mol. The molecule has 5 heteroatoms. The Kier molecular flexibility index (Phi) is 5.75. The van der Waals surface area contributed by atoms with Gasteiger partial charge in [0.15, 0.2) is 0 Å². The van der Waals surface area contributed by atoms with Crippen molar-refractivity contribution in [2.75, 3.05) is 19.7 Å². The Morgan fingerprint density at radius 1 is 1.24 bits per heavy atom. The monoisotopic (exact) mass is 290 g/mol. The highest BCUT2D eigenvalue weighted by Gasteiger charge is 2.20. The highest BCUT2D eigenvalue weighted by atomic mass is 16.5. The average Bonchev–Trinajstić information content (AvgIpc) is 2.54. The third-order valence-electron chi connectivity index (χ3n) is 3.64. The van der Waals surface area contributed by atoms with E-state index in [0.717, 1.165) is 31.5 Å². The zero-order chi connectivity index (χ0) is 15.1. The highest BCUT2D eigenvalue weighted by Crippen LogP contribution is 2.12. The normalized spacial score (nSPS) is 15.5. The number of piperidine rings is 1. The molecule has 5 nitrogen and oxygen atoms in total. The summed E-state index contributed by atoms with van der Waals surface area (Å²) in [6.07, 6.45) is 1.79. The molecule has 0 aromatic heterocycles. The molecule has 0 radical (unpaired) electrons. The second-order valence-electron chi connectivity index (χ2n) is 5.16. The van der Waals surface area contributed by atoms with Gasteiger partial charge in [0.25, 0.3) is 0 Å². The van der Waals surface area contributed by atoms with Crippen molar-refractivity contribution in [1.82, 2.24) is 10.6 Å². The highest BCUT2D eigenvalue weighted by molar-refractivity contribution is 5.89. The van der Waals surface area contributed by atoms with Gasteiger partial charge in [-0.25, -0.2) is 4.79 Å². The van der Waals surface area contributed by atoms with Crippen LogP contribution >= 0.6 is 0 Å². The van der Waals surface area contributed by atoms with Gasteiger partial charge >= 0.3 is 5.97 Å². The number of hydrogen-bond donors (Lipinski definition) is 2. The number of benzene rings is 1. The summed E-state index contributed by atoms with van der Waals surface area (Å²) < 4.78 is 4.93. The quantitative estimate of drug-likeness (QED) is 0.806. The zero-order valence-electron chi connectivity index (χ0n) is 12.4. The van der Waals surface area contributed by atoms with Gasteiger partial charge in [0.2, 0.25) is 5.91 Å². The number of nitrogens with one attached hydrogen (secondary N) is 2. The number of rotatable bonds is 5. The number of carbonyl (C=O) groups is 2. The predicted molar refractivity (Wildman–Crippen MR) is 79.8 cm³/mol. The first-order valence-electron chi connectivity index (χ1n) is 7.45. The third-order valence-corrected chi connectivity index (χ3v) is 3.64. The van der Waals surface area contributed by atoms with Crippen molar-refractivity contribution in [1.29, 1.82) is 0 Å². The molecule has 1 amide bonds. The molecular weight excluding hydrogens is 268 g/mol. The Labute approximate surface area is 125 Å². The van der Waals surface area contributed by atoms with Crippen LogP contribution in [0.2, 0.25) is 0 Å². The first-order valence-corrected chi connectivity index (χ1v) is 7.45. The zero-order valence-corrected chi connectivity index (χ0v) is 12.4. The largest absolute Gasteiger partial charge is 0.462 e. The van der Waals surface area contributed by atoms with E-state index in [1.54, 1.807) is 19.1 Å². The number of hydrogen-bond acceptors (Lipinski definition) is 4. The van der Waals surface area contributed by atoms with Crippen molar-refractivity contribution in [2.45, 2.75) is 26.3 Å². The first-order chi connectivity index (χ1) is 10.2. The molecule has 1 aromatic rings. The van der Waals surface area contributed by atoms with E-state index in [9.17, 15) is 9.59 Å². The minimum absolute atomic E-state index is 0.116. The molecule has 0 atom stereocenters. The molecule has 114 valence electrons. The van der Waals surface area contributed by atoms with Crippen LogP contribution in [0, 0.1) is 5.92 Å². The summed E-state index contributed by atoms with van der Waals surface area (Å²) in [5.41, 5.74) is 1.51.